The largest absolute Gasteiger partial charge is 0.381 e. The molecule has 2 rings (SSSR count). The Labute approximate surface area is 143 Å². The first kappa shape index (κ1) is 19.7. The van der Waals surface area contributed by atoms with Crippen molar-refractivity contribution in [3.05, 3.63) is 34.9 Å². The molecule has 2 N–H and O–H groups in total. The zero-order valence-electron chi connectivity index (χ0n) is 12.3. The smallest absolute Gasteiger partial charge is 0.218 e. The van der Waals surface area contributed by atoms with Crippen LogP contribution in [0, 0.1) is 0 Å². The maximum Gasteiger partial charge on any atom is 0.218 e. The molecule has 1 aromatic rings. The molecule has 0 atom stereocenters. The minimum Gasteiger partial charge on any atom is -0.381 e. The van der Waals surface area contributed by atoms with Crippen LogP contribution in [-0.4, -0.2) is 45.1 Å². The molecule has 1 heterocycles. The van der Waals surface area contributed by atoms with Crippen LogP contribution in [0.1, 0.15) is 18.4 Å². The third kappa shape index (κ3) is 5.37. The lowest BCUT2D eigenvalue weighted by Crippen LogP contribution is -2.46. The lowest BCUT2D eigenvalue weighted by atomic mass is 10.1. The summed E-state index contributed by atoms with van der Waals surface area (Å²) < 4.78 is 32.2. The third-order valence-corrected chi connectivity index (χ3v) is 5.71. The minimum absolute atomic E-state index is 0. The van der Waals surface area contributed by atoms with Crippen molar-refractivity contribution in [1.82, 2.24) is 4.31 Å². The highest BCUT2D eigenvalue weighted by molar-refractivity contribution is 7.88. The standard InChI is InChI=1S/C14H21ClN2O3S.ClH/c15-13-3-1-12(2-4-13)11-21(18,19)17(8-7-16)14-5-9-20-10-6-14;/h1-4,14H,5-11,16H2;1H. The van der Waals surface area contributed by atoms with E-state index in [1.807, 2.05) is 0 Å². The molecule has 0 spiro atoms. The predicted octanol–water partition coefficient (Wildman–Crippen LogP) is 2.03. The number of hydrogen-bond acceptors (Lipinski definition) is 4. The molecule has 8 heteroatoms. The summed E-state index contributed by atoms with van der Waals surface area (Å²) in [5, 5.41) is 0.597. The minimum atomic E-state index is -3.40. The van der Waals surface area contributed by atoms with Gasteiger partial charge < -0.3 is 10.5 Å². The zero-order valence-corrected chi connectivity index (χ0v) is 14.7. The molecule has 0 radical (unpaired) electrons. The average molecular weight is 369 g/mol. The molecule has 5 nitrogen and oxygen atoms in total. The number of nitrogens with two attached hydrogens (primary N) is 1. The molecule has 0 unspecified atom stereocenters. The van der Waals surface area contributed by atoms with Crippen molar-refractivity contribution in [2.45, 2.75) is 24.6 Å². The molecule has 1 aromatic carbocycles. The average Bonchev–Trinajstić information content (AvgIpc) is 2.48. The molecular weight excluding hydrogens is 347 g/mol. The number of sulfonamides is 1. The van der Waals surface area contributed by atoms with Gasteiger partial charge in [0.05, 0.1) is 5.75 Å². The van der Waals surface area contributed by atoms with E-state index in [2.05, 4.69) is 0 Å². The van der Waals surface area contributed by atoms with Crippen LogP contribution in [0.2, 0.25) is 5.02 Å². The van der Waals surface area contributed by atoms with Crippen LogP contribution in [-0.2, 0) is 20.5 Å². The Morgan fingerprint density at radius 2 is 1.82 bits per heavy atom. The summed E-state index contributed by atoms with van der Waals surface area (Å²) in [6.45, 7) is 1.86. The van der Waals surface area contributed by atoms with Crippen molar-refractivity contribution in [3.63, 3.8) is 0 Å². The molecule has 1 aliphatic heterocycles. The number of nitrogens with zero attached hydrogens (tertiary/aromatic N) is 1. The van der Waals surface area contributed by atoms with Gasteiger partial charge in [-0.15, -0.1) is 12.4 Å². The van der Waals surface area contributed by atoms with Crippen LogP contribution in [0.4, 0.5) is 0 Å². The maximum atomic E-state index is 12.7. The maximum absolute atomic E-state index is 12.7. The summed E-state index contributed by atoms with van der Waals surface area (Å²) in [4.78, 5) is 0. The van der Waals surface area contributed by atoms with Gasteiger partial charge in [-0.1, -0.05) is 23.7 Å². The van der Waals surface area contributed by atoms with Crippen LogP contribution >= 0.6 is 24.0 Å². The molecule has 22 heavy (non-hydrogen) atoms. The van der Waals surface area contributed by atoms with Crippen LogP contribution in [0.25, 0.3) is 0 Å². The Bertz CT molecular complexity index is 546. The number of hydrogen-bond donors (Lipinski definition) is 1. The van der Waals surface area contributed by atoms with Gasteiger partial charge in [0.2, 0.25) is 10.0 Å². The van der Waals surface area contributed by atoms with Gasteiger partial charge in [0, 0.05) is 37.4 Å². The summed E-state index contributed by atoms with van der Waals surface area (Å²) in [5.74, 6) is -0.0263. The first-order valence-corrected chi connectivity index (χ1v) is 9.03. The monoisotopic (exact) mass is 368 g/mol. The first-order valence-electron chi connectivity index (χ1n) is 7.05. The Balaban J connectivity index is 0.00000242. The highest BCUT2D eigenvalue weighted by atomic mass is 35.5. The van der Waals surface area contributed by atoms with Gasteiger partial charge in [-0.25, -0.2) is 8.42 Å². The molecule has 1 saturated heterocycles. The normalized spacial score (nSPS) is 16.5. The van der Waals surface area contributed by atoms with Crippen LogP contribution in [0.3, 0.4) is 0 Å². The van der Waals surface area contributed by atoms with Gasteiger partial charge in [-0.05, 0) is 30.5 Å². The molecule has 0 amide bonds. The second-order valence-electron chi connectivity index (χ2n) is 5.13. The Kier molecular flexibility index (Phi) is 8.10. The highest BCUT2D eigenvalue weighted by Crippen LogP contribution is 2.21. The number of halogens is 2. The highest BCUT2D eigenvalue weighted by Gasteiger charge is 2.30. The molecule has 1 aliphatic rings. The number of rotatable bonds is 6. The predicted molar refractivity (Wildman–Crippen MR) is 90.9 cm³/mol. The fourth-order valence-corrected chi connectivity index (χ4v) is 4.48. The Morgan fingerprint density at radius 1 is 1.23 bits per heavy atom. The second kappa shape index (κ2) is 9.05. The summed E-state index contributed by atoms with van der Waals surface area (Å²) in [7, 11) is -3.40. The van der Waals surface area contributed by atoms with Crippen LogP contribution in [0.5, 0.6) is 0 Å². The molecule has 126 valence electrons. The lowest BCUT2D eigenvalue weighted by Gasteiger charge is -2.33. The van der Waals surface area contributed by atoms with Crippen molar-refractivity contribution in [2.75, 3.05) is 26.3 Å². The lowest BCUT2D eigenvalue weighted by molar-refractivity contribution is 0.0590. The molecule has 0 aliphatic carbocycles. The molecule has 0 bridgehead atoms. The van der Waals surface area contributed by atoms with E-state index in [0.717, 1.165) is 18.4 Å². The molecular formula is C14H22Cl2N2O3S. The van der Waals surface area contributed by atoms with Gasteiger partial charge in [0.15, 0.2) is 0 Å². The number of ether oxygens (including phenoxy) is 1. The van der Waals surface area contributed by atoms with Crippen molar-refractivity contribution in [1.29, 1.82) is 0 Å². The van der Waals surface area contributed by atoms with E-state index in [1.165, 1.54) is 0 Å². The van der Waals surface area contributed by atoms with Crippen molar-refractivity contribution >= 4 is 34.0 Å². The van der Waals surface area contributed by atoms with Crippen LogP contribution in [0.15, 0.2) is 24.3 Å². The third-order valence-electron chi connectivity index (χ3n) is 3.57. The number of benzene rings is 1. The molecule has 0 aromatic heterocycles. The summed E-state index contributed by atoms with van der Waals surface area (Å²) in [6.07, 6.45) is 1.44. The quantitative estimate of drug-likeness (QED) is 0.833. The van der Waals surface area contributed by atoms with Crippen LogP contribution < -0.4 is 5.73 Å². The van der Waals surface area contributed by atoms with E-state index in [9.17, 15) is 8.42 Å². The zero-order chi connectivity index (χ0) is 15.3. The van der Waals surface area contributed by atoms with Gasteiger partial charge in [0.1, 0.15) is 0 Å². The van der Waals surface area contributed by atoms with Crippen molar-refractivity contribution < 1.29 is 13.2 Å². The van der Waals surface area contributed by atoms with E-state index in [0.29, 0.717) is 31.3 Å². The van der Waals surface area contributed by atoms with Crippen molar-refractivity contribution in [2.24, 2.45) is 5.73 Å². The topological polar surface area (TPSA) is 72.6 Å². The molecule has 1 fully saturated rings. The first-order chi connectivity index (χ1) is 10.0. The van der Waals surface area contributed by atoms with E-state index in [-0.39, 0.29) is 24.2 Å². The van der Waals surface area contributed by atoms with Gasteiger partial charge in [0.25, 0.3) is 0 Å². The fourth-order valence-electron chi connectivity index (χ4n) is 2.52. The summed E-state index contributed by atoms with van der Waals surface area (Å²) in [5.41, 5.74) is 6.32. The summed E-state index contributed by atoms with van der Waals surface area (Å²) >= 11 is 5.83. The Hall–Kier alpha value is -0.370. The van der Waals surface area contributed by atoms with Crippen molar-refractivity contribution in [3.8, 4) is 0 Å². The summed E-state index contributed by atoms with van der Waals surface area (Å²) in [6, 6.07) is 6.87. The SMILES string of the molecule is Cl.NCCN(C1CCOCC1)S(=O)(=O)Cc1ccc(Cl)cc1. The molecule has 0 saturated carbocycles. The van der Waals surface area contributed by atoms with Gasteiger partial charge in [-0.3, -0.25) is 0 Å². The van der Waals surface area contributed by atoms with E-state index < -0.39 is 10.0 Å². The second-order valence-corrected chi connectivity index (χ2v) is 7.48. The van der Waals surface area contributed by atoms with E-state index in [1.54, 1.807) is 28.6 Å². The fraction of sp³-hybridized carbons (Fsp3) is 0.571. The van der Waals surface area contributed by atoms with Gasteiger partial charge in [-0.2, -0.15) is 4.31 Å². The van der Waals surface area contributed by atoms with Gasteiger partial charge >= 0.3 is 0 Å². The Morgan fingerprint density at radius 3 is 2.36 bits per heavy atom. The van der Waals surface area contributed by atoms with E-state index in [4.69, 9.17) is 22.1 Å². The van der Waals surface area contributed by atoms with E-state index >= 15 is 0 Å².